The molecule has 50 heavy (non-hydrogen) atoms. The van der Waals surface area contributed by atoms with Crippen molar-refractivity contribution < 1.29 is 23.8 Å². The highest BCUT2D eigenvalue weighted by Crippen LogP contribution is 2.12. The van der Waals surface area contributed by atoms with Crippen molar-refractivity contribution in [3.63, 3.8) is 0 Å². The van der Waals surface area contributed by atoms with Crippen LogP contribution in [-0.2, 0) is 23.8 Å². The second-order valence-electron chi connectivity index (χ2n) is 13.9. The Morgan fingerprint density at radius 2 is 0.920 bits per heavy atom. The van der Waals surface area contributed by atoms with Crippen LogP contribution in [0.3, 0.4) is 0 Å². The van der Waals surface area contributed by atoms with Crippen molar-refractivity contribution in [2.45, 2.75) is 207 Å². The summed E-state index contributed by atoms with van der Waals surface area (Å²) in [6.45, 7) is 7.61. The monoisotopic (exact) mass is 701 g/mol. The summed E-state index contributed by atoms with van der Waals surface area (Å²) in [4.78, 5) is 25.0. The molecule has 0 radical (unpaired) electrons. The molecule has 0 spiro atoms. The highest BCUT2D eigenvalue weighted by Gasteiger charge is 2.17. The molecule has 1 atom stereocenters. The average Bonchev–Trinajstić information content (AvgIpc) is 3.11. The first-order valence-electron chi connectivity index (χ1n) is 21.2. The van der Waals surface area contributed by atoms with Gasteiger partial charge in [0.05, 0.1) is 6.61 Å². The molecule has 0 saturated heterocycles. The average molecular weight is 701 g/mol. The van der Waals surface area contributed by atoms with E-state index in [2.05, 4.69) is 69.4 Å². The van der Waals surface area contributed by atoms with Crippen LogP contribution in [0.2, 0.25) is 0 Å². The quantitative estimate of drug-likeness (QED) is 0.0364. The predicted octanol–water partition coefficient (Wildman–Crippen LogP) is 13.7. The SMILES string of the molecule is CC/C=C\C/C=C\C/C=C\CCCCCCCC(=O)OCC(COCCCCCCCC/C=C\CCCC)OC(=O)CCCCCCCCC. The van der Waals surface area contributed by atoms with Crippen LogP contribution < -0.4 is 0 Å². The minimum absolute atomic E-state index is 0.0748. The summed E-state index contributed by atoms with van der Waals surface area (Å²) in [6.07, 6.45) is 48.2. The summed E-state index contributed by atoms with van der Waals surface area (Å²) in [6, 6.07) is 0. The van der Waals surface area contributed by atoms with E-state index in [0.717, 1.165) is 70.6 Å². The lowest BCUT2D eigenvalue weighted by Gasteiger charge is -2.18. The van der Waals surface area contributed by atoms with Gasteiger partial charge in [0.2, 0.25) is 0 Å². The number of hydrogen-bond donors (Lipinski definition) is 0. The van der Waals surface area contributed by atoms with Gasteiger partial charge in [0.15, 0.2) is 6.10 Å². The first-order chi connectivity index (χ1) is 24.6. The maximum Gasteiger partial charge on any atom is 0.306 e. The van der Waals surface area contributed by atoms with Crippen molar-refractivity contribution in [1.29, 1.82) is 0 Å². The summed E-state index contributed by atoms with van der Waals surface area (Å²) in [5, 5.41) is 0. The van der Waals surface area contributed by atoms with Gasteiger partial charge in [-0.3, -0.25) is 9.59 Å². The number of allylic oxidation sites excluding steroid dienone is 8. The Morgan fingerprint density at radius 3 is 1.52 bits per heavy atom. The molecule has 0 heterocycles. The standard InChI is InChI=1S/C45H80O5/c1-4-7-10-13-16-18-20-22-23-24-25-27-30-32-35-38-44(46)49-42-43(50-45(47)39-36-33-29-15-12-9-6-3)41-48-40-37-34-31-28-26-21-19-17-14-11-8-5-2/h7,10,14,16-18,22-23,43H,4-6,8-9,11-13,15,19-21,24-42H2,1-3H3/b10-7-,17-14-,18-16-,23-22-. The number of rotatable bonds is 38. The van der Waals surface area contributed by atoms with Gasteiger partial charge >= 0.3 is 11.9 Å². The second-order valence-corrected chi connectivity index (χ2v) is 13.9. The topological polar surface area (TPSA) is 61.8 Å². The lowest BCUT2D eigenvalue weighted by atomic mass is 10.1. The third-order valence-electron chi connectivity index (χ3n) is 8.85. The molecule has 0 aliphatic carbocycles. The van der Waals surface area contributed by atoms with E-state index in [1.54, 1.807) is 0 Å². The molecule has 0 saturated carbocycles. The number of unbranched alkanes of at least 4 members (excludes halogenated alkanes) is 19. The third-order valence-corrected chi connectivity index (χ3v) is 8.85. The largest absolute Gasteiger partial charge is 0.462 e. The molecule has 5 heteroatoms. The van der Waals surface area contributed by atoms with E-state index in [1.807, 2.05) is 0 Å². The highest BCUT2D eigenvalue weighted by molar-refractivity contribution is 5.70. The van der Waals surface area contributed by atoms with E-state index in [4.69, 9.17) is 14.2 Å². The second kappa shape index (κ2) is 41.3. The van der Waals surface area contributed by atoms with Gasteiger partial charge in [0, 0.05) is 19.4 Å². The molecular weight excluding hydrogens is 620 g/mol. The van der Waals surface area contributed by atoms with Gasteiger partial charge in [-0.1, -0.05) is 166 Å². The molecule has 0 fully saturated rings. The molecule has 0 aromatic carbocycles. The molecule has 0 aliphatic rings. The van der Waals surface area contributed by atoms with Gasteiger partial charge in [-0.2, -0.15) is 0 Å². The number of ether oxygens (including phenoxy) is 3. The van der Waals surface area contributed by atoms with Crippen molar-refractivity contribution in [3.8, 4) is 0 Å². The Morgan fingerprint density at radius 1 is 0.460 bits per heavy atom. The van der Waals surface area contributed by atoms with E-state index in [0.29, 0.717) is 19.4 Å². The molecule has 1 unspecified atom stereocenters. The lowest BCUT2D eigenvalue weighted by Crippen LogP contribution is -2.30. The predicted molar refractivity (Wildman–Crippen MR) is 215 cm³/mol. The molecule has 290 valence electrons. The fraction of sp³-hybridized carbons (Fsp3) is 0.778. The van der Waals surface area contributed by atoms with Crippen molar-refractivity contribution in [2.24, 2.45) is 0 Å². The normalized spacial score (nSPS) is 12.6. The summed E-state index contributed by atoms with van der Waals surface area (Å²) in [7, 11) is 0. The minimum Gasteiger partial charge on any atom is -0.462 e. The number of hydrogen-bond acceptors (Lipinski definition) is 5. The van der Waals surface area contributed by atoms with E-state index >= 15 is 0 Å². The van der Waals surface area contributed by atoms with E-state index < -0.39 is 6.10 Å². The Hall–Kier alpha value is -2.14. The van der Waals surface area contributed by atoms with Crippen LogP contribution in [-0.4, -0.2) is 37.9 Å². The summed E-state index contributed by atoms with van der Waals surface area (Å²) in [5.74, 6) is -0.426. The van der Waals surface area contributed by atoms with Crippen LogP contribution in [0.25, 0.3) is 0 Å². The summed E-state index contributed by atoms with van der Waals surface area (Å²) >= 11 is 0. The Labute approximate surface area is 310 Å². The van der Waals surface area contributed by atoms with Gasteiger partial charge in [-0.05, 0) is 70.6 Å². The van der Waals surface area contributed by atoms with E-state index in [9.17, 15) is 9.59 Å². The Balaban J connectivity index is 4.20. The fourth-order valence-corrected chi connectivity index (χ4v) is 5.68. The molecule has 0 bridgehead atoms. The molecule has 0 aliphatic heterocycles. The van der Waals surface area contributed by atoms with Crippen molar-refractivity contribution >= 4 is 11.9 Å². The Kier molecular flexibility index (Phi) is 39.5. The summed E-state index contributed by atoms with van der Waals surface area (Å²) < 4.78 is 17.2. The molecule has 0 aromatic rings. The van der Waals surface area contributed by atoms with Crippen LogP contribution in [0.4, 0.5) is 0 Å². The number of carbonyl (C=O) groups is 2. The zero-order valence-corrected chi connectivity index (χ0v) is 33.2. The molecular formula is C45H80O5. The van der Waals surface area contributed by atoms with E-state index in [-0.39, 0.29) is 25.2 Å². The number of esters is 2. The van der Waals surface area contributed by atoms with E-state index in [1.165, 1.54) is 96.3 Å². The van der Waals surface area contributed by atoms with Crippen molar-refractivity contribution in [1.82, 2.24) is 0 Å². The zero-order chi connectivity index (χ0) is 36.4. The van der Waals surface area contributed by atoms with Gasteiger partial charge < -0.3 is 14.2 Å². The van der Waals surface area contributed by atoms with Crippen molar-refractivity contribution in [2.75, 3.05) is 19.8 Å². The number of carbonyl (C=O) groups excluding carboxylic acids is 2. The fourth-order valence-electron chi connectivity index (χ4n) is 5.68. The van der Waals surface area contributed by atoms with Crippen LogP contribution >= 0.6 is 0 Å². The van der Waals surface area contributed by atoms with Gasteiger partial charge in [0.1, 0.15) is 6.61 Å². The zero-order valence-electron chi connectivity index (χ0n) is 33.2. The lowest BCUT2D eigenvalue weighted by molar-refractivity contribution is -0.163. The first-order valence-corrected chi connectivity index (χ1v) is 21.2. The molecule has 0 N–H and O–H groups in total. The van der Waals surface area contributed by atoms with Gasteiger partial charge in [0.25, 0.3) is 0 Å². The van der Waals surface area contributed by atoms with Gasteiger partial charge in [-0.15, -0.1) is 0 Å². The van der Waals surface area contributed by atoms with Crippen LogP contribution in [0, 0.1) is 0 Å². The Bertz CT molecular complexity index is 842. The summed E-state index contributed by atoms with van der Waals surface area (Å²) in [5.41, 5.74) is 0. The van der Waals surface area contributed by atoms with Gasteiger partial charge in [-0.25, -0.2) is 0 Å². The van der Waals surface area contributed by atoms with Crippen LogP contribution in [0.5, 0.6) is 0 Å². The van der Waals surface area contributed by atoms with Crippen LogP contribution in [0.1, 0.15) is 201 Å². The molecule has 0 rings (SSSR count). The smallest absolute Gasteiger partial charge is 0.306 e. The van der Waals surface area contributed by atoms with Crippen molar-refractivity contribution in [3.05, 3.63) is 48.6 Å². The first kappa shape index (κ1) is 47.9. The molecule has 0 aromatic heterocycles. The maximum absolute atomic E-state index is 12.6. The molecule has 0 amide bonds. The van der Waals surface area contributed by atoms with Crippen LogP contribution in [0.15, 0.2) is 48.6 Å². The highest BCUT2D eigenvalue weighted by atomic mass is 16.6. The maximum atomic E-state index is 12.6. The molecule has 5 nitrogen and oxygen atoms in total. The minimum atomic E-state index is -0.539. The third kappa shape index (κ3) is 38.7.